The van der Waals surface area contributed by atoms with Crippen molar-refractivity contribution >= 4 is 27.4 Å². The first-order valence-corrected chi connectivity index (χ1v) is 12.0. The molecule has 2 heterocycles. The fourth-order valence-corrected chi connectivity index (χ4v) is 5.28. The zero-order valence-electron chi connectivity index (χ0n) is 17.4. The standard InChI is InChI=1S/C23H23N5O3S.H2/c29-23(21-15-17-3-1-2-4-20(17)21)28-13-11-27(12-14-28)18-5-7-19(8-6-18)32(30,31)26-22-9-10-24-16-25-22;/h1-10,16,21H,11-15H2,(H,24,25,26);1H. The summed E-state index contributed by atoms with van der Waals surface area (Å²) >= 11 is 0. The molecular formula is C23H25N5O3S. The van der Waals surface area contributed by atoms with Crippen molar-refractivity contribution < 1.29 is 14.6 Å². The number of sulfonamides is 1. The van der Waals surface area contributed by atoms with E-state index in [9.17, 15) is 13.2 Å². The van der Waals surface area contributed by atoms with Crippen LogP contribution in [0.15, 0.2) is 72.0 Å². The smallest absolute Gasteiger partial charge is 0.263 e. The molecule has 5 rings (SSSR count). The summed E-state index contributed by atoms with van der Waals surface area (Å²) in [7, 11) is -3.72. The summed E-state index contributed by atoms with van der Waals surface area (Å²) in [6.07, 6.45) is 3.59. The summed E-state index contributed by atoms with van der Waals surface area (Å²) in [6.45, 7) is 2.75. The SMILES string of the molecule is O=C(C1Cc2ccccc21)N1CCN(c2ccc(S(=O)(=O)Nc3ccncn3)cc2)CC1.[HH]. The Bertz CT molecular complexity index is 1230. The number of piperazine rings is 1. The van der Waals surface area contributed by atoms with Crippen LogP contribution in [0.1, 0.15) is 18.5 Å². The zero-order chi connectivity index (χ0) is 22.1. The number of hydrogen-bond donors (Lipinski definition) is 1. The molecule has 1 saturated heterocycles. The lowest BCUT2D eigenvalue weighted by molar-refractivity contribution is -0.133. The first-order valence-electron chi connectivity index (χ1n) is 10.5. The van der Waals surface area contributed by atoms with Crippen LogP contribution in [0.25, 0.3) is 0 Å². The van der Waals surface area contributed by atoms with Gasteiger partial charge in [0.05, 0.1) is 10.8 Å². The molecule has 0 radical (unpaired) electrons. The molecule has 1 aliphatic heterocycles. The number of anilines is 2. The molecule has 2 aliphatic rings. The van der Waals surface area contributed by atoms with E-state index in [1.165, 1.54) is 24.2 Å². The Morgan fingerprint density at radius 1 is 1.00 bits per heavy atom. The summed E-state index contributed by atoms with van der Waals surface area (Å²) in [5, 5.41) is 0. The minimum absolute atomic E-state index is 0. The Hall–Kier alpha value is -3.46. The number of amides is 1. The van der Waals surface area contributed by atoms with Gasteiger partial charge in [-0.2, -0.15) is 0 Å². The highest BCUT2D eigenvalue weighted by Gasteiger charge is 2.35. The molecule has 0 spiro atoms. The fraction of sp³-hybridized carbons (Fsp3) is 0.261. The molecule has 0 saturated carbocycles. The predicted molar refractivity (Wildman–Crippen MR) is 123 cm³/mol. The number of nitrogens with zero attached hydrogens (tertiary/aromatic N) is 4. The van der Waals surface area contributed by atoms with Crippen molar-refractivity contribution in [2.75, 3.05) is 35.8 Å². The number of benzene rings is 2. The predicted octanol–water partition coefficient (Wildman–Crippen LogP) is 2.51. The molecule has 166 valence electrons. The first kappa shape index (κ1) is 20.4. The average Bonchev–Trinajstić information content (AvgIpc) is 2.80. The lowest BCUT2D eigenvalue weighted by Crippen LogP contribution is -2.51. The lowest BCUT2D eigenvalue weighted by atomic mass is 9.77. The quantitative estimate of drug-likeness (QED) is 0.641. The Labute approximate surface area is 188 Å². The van der Waals surface area contributed by atoms with E-state index in [2.05, 4.69) is 25.7 Å². The maximum absolute atomic E-state index is 12.9. The van der Waals surface area contributed by atoms with Crippen molar-refractivity contribution in [1.82, 2.24) is 14.9 Å². The normalized spacial score (nSPS) is 17.9. The third-order valence-electron chi connectivity index (χ3n) is 6.08. The van der Waals surface area contributed by atoms with Gasteiger partial charge in [-0.25, -0.2) is 18.4 Å². The van der Waals surface area contributed by atoms with E-state index in [0.717, 1.165) is 17.7 Å². The van der Waals surface area contributed by atoms with Gasteiger partial charge >= 0.3 is 0 Å². The maximum atomic E-state index is 12.9. The summed E-state index contributed by atoms with van der Waals surface area (Å²) < 4.78 is 27.6. The summed E-state index contributed by atoms with van der Waals surface area (Å²) in [5.74, 6) is 0.421. The van der Waals surface area contributed by atoms with Gasteiger partial charge in [-0.05, 0) is 47.9 Å². The second-order valence-corrected chi connectivity index (χ2v) is 9.64. The van der Waals surface area contributed by atoms with E-state index in [1.807, 2.05) is 23.1 Å². The first-order chi connectivity index (χ1) is 15.5. The largest absolute Gasteiger partial charge is 0.368 e. The molecule has 32 heavy (non-hydrogen) atoms. The number of carbonyl (C=O) groups excluding carboxylic acids is 1. The van der Waals surface area contributed by atoms with E-state index < -0.39 is 10.0 Å². The molecule has 1 amide bonds. The molecule has 1 fully saturated rings. The monoisotopic (exact) mass is 451 g/mol. The van der Waals surface area contributed by atoms with Crippen molar-refractivity contribution in [1.29, 1.82) is 0 Å². The highest BCUT2D eigenvalue weighted by molar-refractivity contribution is 7.92. The Kier molecular flexibility index (Phi) is 5.26. The van der Waals surface area contributed by atoms with E-state index in [4.69, 9.17) is 0 Å². The van der Waals surface area contributed by atoms with Gasteiger partial charge < -0.3 is 9.80 Å². The summed E-state index contributed by atoms with van der Waals surface area (Å²) in [5.41, 5.74) is 3.37. The molecule has 1 atom stereocenters. The van der Waals surface area contributed by atoms with Crippen LogP contribution in [-0.2, 0) is 21.2 Å². The van der Waals surface area contributed by atoms with Gasteiger partial charge in [0.15, 0.2) is 0 Å². The van der Waals surface area contributed by atoms with Gasteiger partial charge in [0.2, 0.25) is 5.91 Å². The van der Waals surface area contributed by atoms with Crippen LogP contribution in [0.2, 0.25) is 0 Å². The second kappa shape index (κ2) is 8.23. The molecule has 0 bridgehead atoms. The third-order valence-corrected chi connectivity index (χ3v) is 7.45. The molecule has 8 nitrogen and oxygen atoms in total. The van der Waals surface area contributed by atoms with Crippen molar-refractivity contribution in [3.05, 3.63) is 78.2 Å². The van der Waals surface area contributed by atoms with Gasteiger partial charge in [-0.3, -0.25) is 9.52 Å². The van der Waals surface area contributed by atoms with Crippen molar-refractivity contribution in [2.45, 2.75) is 17.2 Å². The molecule has 2 aromatic carbocycles. The van der Waals surface area contributed by atoms with E-state index in [-0.39, 0.29) is 24.0 Å². The van der Waals surface area contributed by atoms with Gasteiger partial charge in [-0.1, -0.05) is 24.3 Å². The van der Waals surface area contributed by atoms with Crippen LogP contribution in [0.5, 0.6) is 0 Å². The van der Waals surface area contributed by atoms with Crippen molar-refractivity contribution in [3.8, 4) is 0 Å². The van der Waals surface area contributed by atoms with E-state index >= 15 is 0 Å². The Morgan fingerprint density at radius 2 is 1.75 bits per heavy atom. The fourth-order valence-electron chi connectivity index (χ4n) is 4.27. The van der Waals surface area contributed by atoms with Gasteiger partial charge in [0.25, 0.3) is 10.0 Å². The number of aromatic nitrogens is 2. The molecule has 3 aromatic rings. The second-order valence-electron chi connectivity index (χ2n) is 7.96. The maximum Gasteiger partial charge on any atom is 0.263 e. The highest BCUT2D eigenvalue weighted by atomic mass is 32.2. The van der Waals surface area contributed by atoms with Crippen molar-refractivity contribution in [3.63, 3.8) is 0 Å². The van der Waals surface area contributed by atoms with Crippen LogP contribution in [0.3, 0.4) is 0 Å². The summed E-state index contributed by atoms with van der Waals surface area (Å²) in [6, 6.07) is 16.4. The number of hydrogen-bond acceptors (Lipinski definition) is 6. The van der Waals surface area contributed by atoms with Crippen molar-refractivity contribution in [2.24, 2.45) is 0 Å². The van der Waals surface area contributed by atoms with E-state index in [1.54, 1.807) is 24.3 Å². The van der Waals surface area contributed by atoms with Crippen LogP contribution in [-0.4, -0.2) is 55.4 Å². The number of rotatable bonds is 5. The van der Waals surface area contributed by atoms with Gasteiger partial charge in [-0.15, -0.1) is 0 Å². The lowest BCUT2D eigenvalue weighted by Gasteiger charge is -2.40. The van der Waals surface area contributed by atoms with E-state index in [0.29, 0.717) is 26.2 Å². The minimum atomic E-state index is -3.72. The molecule has 1 aromatic heterocycles. The number of fused-ring (bicyclic) bond motifs is 1. The molecule has 9 heteroatoms. The summed E-state index contributed by atoms with van der Waals surface area (Å²) in [4.78, 5) is 24.9. The highest BCUT2D eigenvalue weighted by Crippen LogP contribution is 2.36. The zero-order valence-corrected chi connectivity index (χ0v) is 18.2. The molecule has 1 unspecified atom stereocenters. The van der Waals surface area contributed by atoms with Crippen LogP contribution >= 0.6 is 0 Å². The molecule has 1 aliphatic carbocycles. The Morgan fingerprint density at radius 3 is 2.44 bits per heavy atom. The van der Waals surface area contributed by atoms with Gasteiger partial charge in [0.1, 0.15) is 12.1 Å². The van der Waals surface area contributed by atoms with Crippen LogP contribution < -0.4 is 9.62 Å². The Balaban J connectivity index is 0.00000259. The van der Waals surface area contributed by atoms with Crippen LogP contribution in [0, 0.1) is 0 Å². The number of nitrogens with one attached hydrogen (secondary N) is 1. The third kappa shape index (κ3) is 3.91. The molecular weight excluding hydrogens is 426 g/mol. The topological polar surface area (TPSA) is 95.5 Å². The van der Waals surface area contributed by atoms with Gasteiger partial charge in [0, 0.05) is 39.5 Å². The molecule has 1 N–H and O–H groups in total. The number of carbonyl (C=O) groups is 1. The minimum Gasteiger partial charge on any atom is -0.368 e. The average molecular weight is 452 g/mol. The van der Waals surface area contributed by atoms with Crippen LogP contribution in [0.4, 0.5) is 11.5 Å².